The van der Waals surface area contributed by atoms with Crippen LogP contribution in [0.4, 0.5) is 5.69 Å². The molecule has 0 radical (unpaired) electrons. The van der Waals surface area contributed by atoms with E-state index in [9.17, 15) is 9.90 Å². The van der Waals surface area contributed by atoms with E-state index >= 15 is 0 Å². The first-order valence-corrected chi connectivity index (χ1v) is 6.93. The van der Waals surface area contributed by atoms with Crippen molar-refractivity contribution in [3.63, 3.8) is 0 Å². The monoisotopic (exact) mass is 262 g/mol. The number of amides is 1. The number of hydrogen-bond donors (Lipinski definition) is 3. The Morgan fingerprint density at radius 3 is 2.84 bits per heavy atom. The van der Waals surface area contributed by atoms with Crippen LogP contribution in [0, 0.1) is 5.92 Å². The quantitative estimate of drug-likeness (QED) is 0.704. The van der Waals surface area contributed by atoms with Crippen LogP contribution in [-0.2, 0) is 11.2 Å². The van der Waals surface area contributed by atoms with Crippen LogP contribution in [0.2, 0.25) is 0 Å². The van der Waals surface area contributed by atoms with Crippen molar-refractivity contribution in [2.75, 3.05) is 12.3 Å². The van der Waals surface area contributed by atoms with E-state index in [0.717, 1.165) is 30.5 Å². The summed E-state index contributed by atoms with van der Waals surface area (Å²) in [6.45, 7) is 0.681. The van der Waals surface area contributed by atoms with Gasteiger partial charge in [-0.05, 0) is 43.2 Å². The third-order valence-electron chi connectivity index (χ3n) is 3.78. The number of carbonyl (C=O) groups is 1. The van der Waals surface area contributed by atoms with Crippen LogP contribution in [0.25, 0.3) is 0 Å². The van der Waals surface area contributed by atoms with Crippen LogP contribution in [0.1, 0.15) is 31.2 Å². The summed E-state index contributed by atoms with van der Waals surface area (Å²) in [5, 5.41) is 12.4. The van der Waals surface area contributed by atoms with Gasteiger partial charge in [-0.3, -0.25) is 4.79 Å². The van der Waals surface area contributed by atoms with Crippen molar-refractivity contribution in [1.29, 1.82) is 0 Å². The lowest BCUT2D eigenvalue weighted by molar-refractivity contribution is -0.121. The molecule has 1 fully saturated rings. The number of aliphatic hydroxyl groups is 1. The number of nitrogens with one attached hydrogen (secondary N) is 1. The smallest absolute Gasteiger partial charge is 0.220 e. The predicted molar refractivity (Wildman–Crippen MR) is 75.5 cm³/mol. The Labute approximate surface area is 114 Å². The Morgan fingerprint density at radius 2 is 2.16 bits per heavy atom. The fourth-order valence-corrected chi connectivity index (χ4v) is 2.59. The largest absolute Gasteiger partial charge is 0.399 e. The zero-order chi connectivity index (χ0) is 13.7. The Morgan fingerprint density at radius 1 is 1.37 bits per heavy atom. The summed E-state index contributed by atoms with van der Waals surface area (Å²) in [6.07, 6.45) is 3.64. The lowest BCUT2D eigenvalue weighted by Gasteiger charge is -2.11. The zero-order valence-electron chi connectivity index (χ0n) is 11.1. The minimum absolute atomic E-state index is 0.0599. The molecule has 2 atom stereocenters. The van der Waals surface area contributed by atoms with Crippen LogP contribution >= 0.6 is 0 Å². The molecule has 0 aromatic heterocycles. The Hall–Kier alpha value is -1.55. The molecule has 2 rings (SSSR count). The lowest BCUT2D eigenvalue weighted by atomic mass is 10.1. The summed E-state index contributed by atoms with van der Waals surface area (Å²) < 4.78 is 0. The summed E-state index contributed by atoms with van der Waals surface area (Å²) in [5.74, 6) is 0.491. The molecule has 1 amide bonds. The Balaban J connectivity index is 1.69. The molecule has 1 aromatic carbocycles. The lowest BCUT2D eigenvalue weighted by Crippen LogP contribution is -2.28. The van der Waals surface area contributed by atoms with Gasteiger partial charge >= 0.3 is 0 Å². The van der Waals surface area contributed by atoms with E-state index in [1.54, 1.807) is 0 Å². The highest BCUT2D eigenvalue weighted by Crippen LogP contribution is 2.24. The molecular weight excluding hydrogens is 240 g/mol. The van der Waals surface area contributed by atoms with Crippen molar-refractivity contribution < 1.29 is 9.90 Å². The maximum Gasteiger partial charge on any atom is 0.220 e. The Bertz CT molecular complexity index is 434. The van der Waals surface area contributed by atoms with Crippen LogP contribution < -0.4 is 11.1 Å². The molecule has 1 aliphatic rings. The molecule has 1 aliphatic carbocycles. The summed E-state index contributed by atoms with van der Waals surface area (Å²) in [7, 11) is 0. The van der Waals surface area contributed by atoms with Crippen LogP contribution in [0.5, 0.6) is 0 Å². The van der Waals surface area contributed by atoms with Gasteiger partial charge in [-0.25, -0.2) is 0 Å². The van der Waals surface area contributed by atoms with Gasteiger partial charge in [0.1, 0.15) is 0 Å². The number of aliphatic hydroxyl groups excluding tert-OH is 1. The number of benzene rings is 1. The first-order chi connectivity index (χ1) is 9.15. The molecule has 2 unspecified atom stereocenters. The van der Waals surface area contributed by atoms with Gasteiger partial charge in [-0.15, -0.1) is 0 Å². The van der Waals surface area contributed by atoms with E-state index < -0.39 is 0 Å². The highest BCUT2D eigenvalue weighted by molar-refractivity contribution is 5.76. The molecule has 4 heteroatoms. The Kier molecular flexibility index (Phi) is 4.80. The molecule has 0 spiro atoms. The van der Waals surface area contributed by atoms with Crippen molar-refractivity contribution in [2.45, 2.75) is 38.2 Å². The highest BCUT2D eigenvalue weighted by Gasteiger charge is 2.22. The average Bonchev–Trinajstić information content (AvgIpc) is 2.81. The molecule has 0 aliphatic heterocycles. The van der Waals surface area contributed by atoms with Crippen LogP contribution in [0.3, 0.4) is 0 Å². The predicted octanol–water partition coefficient (Wildman–Crippen LogP) is 1.48. The number of aryl methyl sites for hydroxylation is 1. The van der Waals surface area contributed by atoms with Crippen molar-refractivity contribution >= 4 is 11.6 Å². The van der Waals surface area contributed by atoms with Gasteiger partial charge in [0, 0.05) is 18.7 Å². The molecule has 1 saturated carbocycles. The summed E-state index contributed by atoms with van der Waals surface area (Å²) in [4.78, 5) is 11.8. The van der Waals surface area contributed by atoms with Gasteiger partial charge in [-0.1, -0.05) is 18.2 Å². The summed E-state index contributed by atoms with van der Waals surface area (Å²) >= 11 is 0. The topological polar surface area (TPSA) is 75.4 Å². The zero-order valence-corrected chi connectivity index (χ0v) is 11.1. The normalized spacial score (nSPS) is 22.4. The number of nitrogens with two attached hydrogens (primary N) is 1. The minimum atomic E-state index is -0.175. The fraction of sp³-hybridized carbons (Fsp3) is 0.533. The van der Waals surface area contributed by atoms with Crippen LogP contribution in [-0.4, -0.2) is 23.7 Å². The minimum Gasteiger partial charge on any atom is -0.399 e. The average molecular weight is 262 g/mol. The second kappa shape index (κ2) is 6.57. The number of rotatable bonds is 5. The number of carbonyl (C=O) groups excluding carboxylic acids is 1. The number of para-hydroxylation sites is 1. The van der Waals surface area contributed by atoms with Crippen LogP contribution in [0.15, 0.2) is 24.3 Å². The van der Waals surface area contributed by atoms with E-state index in [2.05, 4.69) is 5.32 Å². The first-order valence-electron chi connectivity index (χ1n) is 6.93. The second-order valence-corrected chi connectivity index (χ2v) is 5.34. The van der Waals surface area contributed by atoms with E-state index in [4.69, 9.17) is 5.73 Å². The van der Waals surface area contributed by atoms with Crippen molar-refractivity contribution in [1.82, 2.24) is 5.32 Å². The first kappa shape index (κ1) is 13.9. The third-order valence-corrected chi connectivity index (χ3v) is 3.78. The summed E-state index contributed by atoms with van der Waals surface area (Å²) in [6, 6.07) is 7.64. The number of anilines is 1. The van der Waals surface area contributed by atoms with Gasteiger partial charge in [-0.2, -0.15) is 0 Å². The van der Waals surface area contributed by atoms with Crippen molar-refractivity contribution in [3.8, 4) is 0 Å². The maximum atomic E-state index is 11.8. The number of hydrogen-bond acceptors (Lipinski definition) is 3. The number of nitrogen functional groups attached to an aromatic ring is 1. The van der Waals surface area contributed by atoms with Gasteiger partial charge < -0.3 is 16.2 Å². The van der Waals surface area contributed by atoms with Gasteiger partial charge in [0.25, 0.3) is 0 Å². The molecule has 0 saturated heterocycles. The van der Waals surface area contributed by atoms with E-state index in [0.29, 0.717) is 25.3 Å². The van der Waals surface area contributed by atoms with Gasteiger partial charge in [0.05, 0.1) is 6.10 Å². The van der Waals surface area contributed by atoms with Crippen molar-refractivity contribution in [3.05, 3.63) is 29.8 Å². The SMILES string of the molecule is Nc1ccccc1CCC(=O)NCC1CCC(O)C1. The second-order valence-electron chi connectivity index (χ2n) is 5.34. The molecule has 4 nitrogen and oxygen atoms in total. The fourth-order valence-electron chi connectivity index (χ4n) is 2.59. The molecule has 4 N–H and O–H groups in total. The van der Waals surface area contributed by atoms with E-state index in [-0.39, 0.29) is 12.0 Å². The molecule has 19 heavy (non-hydrogen) atoms. The van der Waals surface area contributed by atoms with E-state index in [1.165, 1.54) is 0 Å². The van der Waals surface area contributed by atoms with Gasteiger partial charge in [0.15, 0.2) is 0 Å². The summed E-state index contributed by atoms with van der Waals surface area (Å²) in [5.41, 5.74) is 7.60. The van der Waals surface area contributed by atoms with Crippen molar-refractivity contribution in [2.24, 2.45) is 5.92 Å². The molecule has 104 valence electrons. The molecule has 1 aromatic rings. The maximum absolute atomic E-state index is 11.8. The standard InChI is InChI=1S/C15H22N2O2/c16-14-4-2-1-3-12(14)6-8-15(19)17-10-11-5-7-13(18)9-11/h1-4,11,13,18H,5-10,16H2,(H,17,19). The highest BCUT2D eigenvalue weighted by atomic mass is 16.3. The molecular formula is C15H22N2O2. The molecule has 0 heterocycles. The molecule has 0 bridgehead atoms. The van der Waals surface area contributed by atoms with Gasteiger partial charge in [0.2, 0.25) is 5.91 Å². The third kappa shape index (κ3) is 4.24. The van der Waals surface area contributed by atoms with E-state index in [1.807, 2.05) is 24.3 Å².